The molecule has 0 atom stereocenters. The second kappa shape index (κ2) is 2.44. The summed E-state index contributed by atoms with van der Waals surface area (Å²) in [6, 6.07) is 0. The van der Waals surface area contributed by atoms with Crippen LogP contribution >= 0.6 is 22.9 Å². The zero-order chi connectivity index (χ0) is 7.78. The van der Waals surface area contributed by atoms with Crippen LogP contribution in [-0.4, -0.2) is 13.4 Å². The Kier molecular flexibility index (Phi) is 1.93. The minimum absolute atomic E-state index is 0.0128. The molecular formula is C3HClFNO2S2. The van der Waals surface area contributed by atoms with Crippen LogP contribution in [0.5, 0.6) is 0 Å². The summed E-state index contributed by atoms with van der Waals surface area (Å²) in [6.45, 7) is 0. The van der Waals surface area contributed by atoms with Crippen molar-refractivity contribution in [3.05, 3.63) is 10.5 Å². The van der Waals surface area contributed by atoms with Gasteiger partial charge in [0.1, 0.15) is 5.15 Å². The van der Waals surface area contributed by atoms with E-state index in [1.165, 1.54) is 5.38 Å². The van der Waals surface area contributed by atoms with Crippen LogP contribution in [0.25, 0.3) is 0 Å². The third-order valence-corrected chi connectivity index (χ3v) is 3.02. The van der Waals surface area contributed by atoms with Crippen LogP contribution in [-0.2, 0) is 10.2 Å². The van der Waals surface area contributed by atoms with Gasteiger partial charge in [-0.1, -0.05) is 15.5 Å². The van der Waals surface area contributed by atoms with Crippen molar-refractivity contribution in [2.45, 2.75) is 4.34 Å². The highest BCUT2D eigenvalue weighted by Crippen LogP contribution is 2.20. The zero-order valence-corrected chi connectivity index (χ0v) is 6.80. The molecule has 0 spiro atoms. The van der Waals surface area contributed by atoms with Gasteiger partial charge in [0.25, 0.3) is 0 Å². The highest BCUT2D eigenvalue weighted by molar-refractivity contribution is 7.88. The second-order valence-corrected chi connectivity index (χ2v) is 4.14. The minimum Gasteiger partial charge on any atom is -0.211 e. The number of hydrogen-bond donors (Lipinski definition) is 0. The summed E-state index contributed by atoms with van der Waals surface area (Å²) in [5.74, 6) is 0. The molecule has 0 saturated carbocycles. The fraction of sp³-hybridized carbons (Fsp3) is 0. The molecule has 1 aromatic rings. The molecule has 3 nitrogen and oxygen atoms in total. The summed E-state index contributed by atoms with van der Waals surface area (Å²) >= 11 is 5.89. The summed E-state index contributed by atoms with van der Waals surface area (Å²) in [7, 11) is -4.66. The van der Waals surface area contributed by atoms with Gasteiger partial charge in [-0.05, 0) is 0 Å². The van der Waals surface area contributed by atoms with E-state index in [1.807, 2.05) is 0 Å². The summed E-state index contributed by atoms with van der Waals surface area (Å²) in [5, 5.41) is 1.23. The molecule has 0 bridgehead atoms. The first-order chi connectivity index (χ1) is 4.50. The molecule has 0 aliphatic rings. The van der Waals surface area contributed by atoms with E-state index < -0.39 is 14.6 Å². The maximum atomic E-state index is 12.0. The van der Waals surface area contributed by atoms with Crippen molar-refractivity contribution in [3.63, 3.8) is 0 Å². The largest absolute Gasteiger partial charge is 0.359 e. The Labute approximate surface area is 65.7 Å². The zero-order valence-electron chi connectivity index (χ0n) is 4.41. The van der Waals surface area contributed by atoms with Gasteiger partial charge >= 0.3 is 10.2 Å². The molecular weight excluding hydrogens is 201 g/mol. The Morgan fingerprint density at radius 3 is 2.50 bits per heavy atom. The van der Waals surface area contributed by atoms with Gasteiger partial charge in [-0.25, -0.2) is 4.98 Å². The molecule has 1 aromatic heterocycles. The van der Waals surface area contributed by atoms with Crippen LogP contribution in [0, 0.1) is 0 Å². The molecule has 0 saturated heterocycles. The van der Waals surface area contributed by atoms with Crippen molar-refractivity contribution in [2.75, 3.05) is 0 Å². The third kappa shape index (κ3) is 1.65. The molecule has 0 aromatic carbocycles. The van der Waals surface area contributed by atoms with Gasteiger partial charge in [0.15, 0.2) is 0 Å². The molecule has 1 heterocycles. The van der Waals surface area contributed by atoms with Gasteiger partial charge < -0.3 is 0 Å². The molecule has 0 fully saturated rings. The predicted molar refractivity (Wildman–Crippen MR) is 35.4 cm³/mol. The molecule has 0 amide bonds. The molecule has 1 rings (SSSR count). The highest BCUT2D eigenvalue weighted by atomic mass is 35.5. The molecule has 7 heteroatoms. The maximum Gasteiger partial charge on any atom is 0.359 e. The van der Waals surface area contributed by atoms with E-state index >= 15 is 0 Å². The maximum absolute atomic E-state index is 12.0. The number of thiazole rings is 1. The number of halogens is 2. The lowest BCUT2D eigenvalue weighted by atomic mass is 11.0. The van der Waals surface area contributed by atoms with Crippen molar-refractivity contribution in [1.29, 1.82) is 0 Å². The van der Waals surface area contributed by atoms with Gasteiger partial charge in [0.05, 0.1) is 0 Å². The van der Waals surface area contributed by atoms with E-state index in [-0.39, 0.29) is 5.15 Å². The third-order valence-electron chi connectivity index (χ3n) is 0.664. The first-order valence-electron chi connectivity index (χ1n) is 2.06. The van der Waals surface area contributed by atoms with E-state index in [1.54, 1.807) is 0 Å². The summed E-state index contributed by atoms with van der Waals surface area (Å²) in [4.78, 5) is 3.20. The number of aromatic nitrogens is 1. The molecule has 0 unspecified atom stereocenters. The van der Waals surface area contributed by atoms with Crippen molar-refractivity contribution >= 4 is 33.2 Å². The van der Waals surface area contributed by atoms with Crippen molar-refractivity contribution in [2.24, 2.45) is 0 Å². The van der Waals surface area contributed by atoms with Crippen LogP contribution in [0.2, 0.25) is 5.15 Å². The Balaban J connectivity index is 3.21. The van der Waals surface area contributed by atoms with E-state index in [9.17, 15) is 12.3 Å². The van der Waals surface area contributed by atoms with Gasteiger partial charge in [-0.15, -0.1) is 11.3 Å². The van der Waals surface area contributed by atoms with Gasteiger partial charge in [-0.3, -0.25) is 0 Å². The molecule has 56 valence electrons. The van der Waals surface area contributed by atoms with Crippen LogP contribution in [0.1, 0.15) is 0 Å². The summed E-state index contributed by atoms with van der Waals surface area (Å²) < 4.78 is 31.5. The van der Waals surface area contributed by atoms with Crippen molar-refractivity contribution < 1.29 is 12.3 Å². The lowest BCUT2D eigenvalue weighted by Gasteiger charge is -1.80. The molecule has 0 N–H and O–H groups in total. The minimum atomic E-state index is -4.66. The van der Waals surface area contributed by atoms with Crippen molar-refractivity contribution in [1.82, 2.24) is 4.98 Å². The van der Waals surface area contributed by atoms with Gasteiger partial charge in [0.2, 0.25) is 4.34 Å². The smallest absolute Gasteiger partial charge is 0.211 e. The first-order valence-corrected chi connectivity index (χ1v) is 4.70. The monoisotopic (exact) mass is 201 g/mol. The Morgan fingerprint density at radius 1 is 1.70 bits per heavy atom. The predicted octanol–water partition coefficient (Wildman–Crippen LogP) is 1.45. The lowest BCUT2D eigenvalue weighted by Crippen LogP contribution is -1.88. The Hall–Kier alpha value is -0.200. The van der Waals surface area contributed by atoms with E-state index in [0.717, 1.165) is 0 Å². The summed E-state index contributed by atoms with van der Waals surface area (Å²) in [6.07, 6.45) is 0. The molecule has 0 aliphatic carbocycles. The average Bonchev–Trinajstić information content (AvgIpc) is 2.11. The normalized spacial score (nSPS) is 11.8. The summed E-state index contributed by atoms with van der Waals surface area (Å²) in [5.41, 5.74) is 0. The second-order valence-electron chi connectivity index (χ2n) is 1.37. The van der Waals surface area contributed by atoms with Crippen LogP contribution in [0.3, 0.4) is 0 Å². The van der Waals surface area contributed by atoms with E-state index in [2.05, 4.69) is 4.98 Å². The topological polar surface area (TPSA) is 47.0 Å². The SMILES string of the molecule is O=S(=O)(F)c1nc(Cl)cs1. The fourth-order valence-corrected chi connectivity index (χ4v) is 1.88. The van der Waals surface area contributed by atoms with Crippen LogP contribution in [0.15, 0.2) is 9.72 Å². The number of rotatable bonds is 1. The Bertz CT molecular complexity index is 332. The van der Waals surface area contributed by atoms with E-state index in [4.69, 9.17) is 11.6 Å². The molecule has 0 radical (unpaired) electrons. The molecule has 0 aliphatic heterocycles. The van der Waals surface area contributed by atoms with Gasteiger partial charge in [-0.2, -0.15) is 8.42 Å². The average molecular weight is 202 g/mol. The standard InChI is InChI=1S/C3HClFNO2S2/c4-2-1-9-3(6-2)10(5,7)8/h1H. The van der Waals surface area contributed by atoms with Crippen molar-refractivity contribution in [3.8, 4) is 0 Å². The first kappa shape index (κ1) is 7.90. The Morgan fingerprint density at radius 2 is 2.30 bits per heavy atom. The van der Waals surface area contributed by atoms with Crippen LogP contribution < -0.4 is 0 Å². The lowest BCUT2D eigenvalue weighted by molar-refractivity contribution is 0.551. The van der Waals surface area contributed by atoms with Crippen LogP contribution in [0.4, 0.5) is 3.89 Å². The fourth-order valence-electron chi connectivity index (χ4n) is 0.351. The molecule has 10 heavy (non-hydrogen) atoms. The van der Waals surface area contributed by atoms with E-state index in [0.29, 0.717) is 11.3 Å². The number of nitrogens with zero attached hydrogens (tertiary/aromatic N) is 1. The van der Waals surface area contributed by atoms with Gasteiger partial charge in [0, 0.05) is 5.38 Å². The highest BCUT2D eigenvalue weighted by Gasteiger charge is 2.15. The number of hydrogen-bond acceptors (Lipinski definition) is 4. The quantitative estimate of drug-likeness (QED) is 0.647.